The molecule has 0 aliphatic rings. The Morgan fingerprint density at radius 2 is 1.52 bits per heavy atom. The average Bonchev–Trinajstić information content (AvgIpc) is 3.05. The molecule has 4 rings (SSSR count). The normalized spacial score (nSPS) is 11.0. The van der Waals surface area contributed by atoms with Crippen molar-refractivity contribution < 1.29 is 28.7 Å². The Morgan fingerprint density at radius 3 is 2.19 bits per heavy atom. The molecule has 3 aromatic carbocycles. The van der Waals surface area contributed by atoms with Crippen LogP contribution >= 0.6 is 0 Å². The molecule has 0 radical (unpaired) electrons. The molecule has 11 nitrogen and oxygen atoms in total. The molecule has 1 aromatic heterocycles. The van der Waals surface area contributed by atoms with Crippen LogP contribution in [0.1, 0.15) is 77.0 Å². The monoisotopic (exact) mass is 649 g/mol. The maximum absolute atomic E-state index is 13.6. The summed E-state index contributed by atoms with van der Waals surface area (Å²) in [7, 11) is 0. The summed E-state index contributed by atoms with van der Waals surface area (Å²) >= 11 is 0. The Kier molecular flexibility index (Phi) is 11.4. The van der Waals surface area contributed by atoms with E-state index in [9.17, 15) is 19.2 Å². The molecule has 0 saturated heterocycles. The van der Waals surface area contributed by atoms with Gasteiger partial charge in [0.15, 0.2) is 5.84 Å². The number of ether oxygens (including phenoxy) is 2. The third-order valence-corrected chi connectivity index (χ3v) is 6.75. The summed E-state index contributed by atoms with van der Waals surface area (Å²) in [5, 5.41) is 16.1. The minimum Gasteiger partial charge on any atom is -0.457 e. The molecule has 0 fully saturated rings. The van der Waals surface area contributed by atoms with E-state index < -0.39 is 23.6 Å². The number of pyridine rings is 1. The van der Waals surface area contributed by atoms with Crippen molar-refractivity contribution in [1.29, 1.82) is 5.41 Å². The van der Waals surface area contributed by atoms with Gasteiger partial charge in [0, 0.05) is 17.7 Å². The van der Waals surface area contributed by atoms with E-state index in [-0.39, 0.29) is 46.7 Å². The first-order valence-electron chi connectivity index (χ1n) is 15.4. The molecule has 0 aliphatic heterocycles. The Hall–Kier alpha value is -5.84. The number of carbonyl (C=O) groups is 4. The van der Waals surface area contributed by atoms with Crippen LogP contribution in [0, 0.1) is 11.3 Å². The highest BCUT2D eigenvalue weighted by molar-refractivity contribution is 6.11. The lowest BCUT2D eigenvalue weighted by Crippen LogP contribution is -2.36. The zero-order chi connectivity index (χ0) is 34.8. The summed E-state index contributed by atoms with van der Waals surface area (Å²) in [6.07, 6.45) is 0.578. The summed E-state index contributed by atoms with van der Waals surface area (Å²) in [5.74, 6) is -1.49. The summed E-state index contributed by atoms with van der Waals surface area (Å²) in [6.45, 7) is 9.60. The van der Waals surface area contributed by atoms with Crippen molar-refractivity contribution in [2.75, 3.05) is 11.9 Å². The first-order chi connectivity index (χ1) is 22.8. The average molecular weight is 650 g/mol. The van der Waals surface area contributed by atoms with Gasteiger partial charge >= 0.3 is 12.1 Å². The Balaban J connectivity index is 1.59. The van der Waals surface area contributed by atoms with E-state index in [1.54, 1.807) is 63.2 Å². The Morgan fingerprint density at radius 1 is 0.833 bits per heavy atom. The second-order valence-corrected chi connectivity index (χ2v) is 12.4. The maximum Gasteiger partial charge on any atom is 0.413 e. The minimum absolute atomic E-state index is 0.0266. The van der Waals surface area contributed by atoms with E-state index in [1.165, 1.54) is 18.3 Å². The topological polar surface area (TPSA) is 160 Å². The van der Waals surface area contributed by atoms with Crippen LogP contribution in [0.4, 0.5) is 10.5 Å². The van der Waals surface area contributed by atoms with Gasteiger partial charge in [-0.25, -0.2) is 9.59 Å². The highest BCUT2D eigenvalue weighted by Crippen LogP contribution is 2.30. The molecular weight excluding hydrogens is 610 g/mol. The number of benzene rings is 3. The van der Waals surface area contributed by atoms with Crippen molar-refractivity contribution >= 4 is 35.4 Å². The molecule has 0 atom stereocenters. The van der Waals surface area contributed by atoms with Crippen molar-refractivity contribution in [3.05, 3.63) is 119 Å². The molecule has 4 N–H and O–H groups in total. The van der Waals surface area contributed by atoms with Crippen LogP contribution in [0.3, 0.4) is 0 Å². The number of aromatic nitrogens is 1. The van der Waals surface area contributed by atoms with Crippen LogP contribution in [-0.2, 0) is 16.1 Å². The van der Waals surface area contributed by atoms with E-state index in [4.69, 9.17) is 14.9 Å². The van der Waals surface area contributed by atoms with Crippen LogP contribution in [-0.4, -0.2) is 46.8 Å². The van der Waals surface area contributed by atoms with Gasteiger partial charge in [-0.1, -0.05) is 68.4 Å². The number of rotatable bonds is 10. The molecule has 4 aromatic rings. The van der Waals surface area contributed by atoms with Gasteiger partial charge in [-0.05, 0) is 73.7 Å². The van der Waals surface area contributed by atoms with Crippen LogP contribution in [0.5, 0.6) is 0 Å². The largest absolute Gasteiger partial charge is 0.457 e. The molecule has 3 amide bonds. The highest BCUT2D eigenvalue weighted by Gasteiger charge is 2.22. The molecule has 0 saturated carbocycles. The molecule has 11 heteroatoms. The van der Waals surface area contributed by atoms with Crippen molar-refractivity contribution in [3.8, 4) is 11.1 Å². The summed E-state index contributed by atoms with van der Waals surface area (Å²) in [6, 6.07) is 23.8. The molecule has 1 heterocycles. The SMILES string of the molecule is CC(C)CNC(=O)c1ccc(-c2ccccc2C(=O)Nc2ccc(C(=N)NC(=O)OC(C)(C)C)nc2)c(C(=O)OCc2ccccc2)c1. The number of amides is 3. The summed E-state index contributed by atoms with van der Waals surface area (Å²) in [5.41, 5.74) is 2.10. The van der Waals surface area contributed by atoms with Crippen LogP contribution in [0.15, 0.2) is 91.1 Å². The fraction of sp³-hybridized carbons (Fsp3) is 0.243. The predicted molar refractivity (Wildman–Crippen MR) is 183 cm³/mol. The second-order valence-electron chi connectivity index (χ2n) is 12.4. The molecule has 0 spiro atoms. The number of hydrogen-bond donors (Lipinski definition) is 4. The van der Waals surface area contributed by atoms with Crippen molar-refractivity contribution in [1.82, 2.24) is 15.6 Å². The number of anilines is 1. The number of esters is 1. The standard InChI is InChI=1S/C37H39N5O6/c1-23(2)20-40-33(43)25-15-17-28(30(19-25)35(45)47-22-24-11-7-6-8-12-24)27-13-9-10-14-29(27)34(44)41-26-16-18-31(39-21-26)32(38)42-36(46)48-37(3,4)5/h6-19,21,23H,20,22H2,1-5H3,(H,40,43)(H,41,44)(H2,38,42,46). The summed E-state index contributed by atoms with van der Waals surface area (Å²) in [4.78, 5) is 56.3. The van der Waals surface area contributed by atoms with Crippen molar-refractivity contribution in [2.24, 2.45) is 5.92 Å². The molecule has 248 valence electrons. The second kappa shape index (κ2) is 15.6. The van der Waals surface area contributed by atoms with Gasteiger partial charge in [0.1, 0.15) is 17.9 Å². The van der Waals surface area contributed by atoms with E-state index in [0.717, 1.165) is 5.56 Å². The number of amidine groups is 1. The van der Waals surface area contributed by atoms with Crippen LogP contribution < -0.4 is 16.0 Å². The van der Waals surface area contributed by atoms with Gasteiger partial charge in [-0.3, -0.25) is 25.3 Å². The lowest BCUT2D eigenvalue weighted by Gasteiger charge is -2.19. The van der Waals surface area contributed by atoms with E-state index in [1.807, 2.05) is 44.2 Å². The van der Waals surface area contributed by atoms with Gasteiger partial charge in [-0.15, -0.1) is 0 Å². The van der Waals surface area contributed by atoms with Gasteiger partial charge < -0.3 is 20.1 Å². The van der Waals surface area contributed by atoms with Crippen LogP contribution in [0.2, 0.25) is 0 Å². The lowest BCUT2D eigenvalue weighted by molar-refractivity contribution is 0.0472. The van der Waals surface area contributed by atoms with Gasteiger partial charge in [0.05, 0.1) is 17.4 Å². The smallest absolute Gasteiger partial charge is 0.413 e. The maximum atomic E-state index is 13.6. The number of nitrogens with zero attached hydrogens (tertiary/aromatic N) is 1. The fourth-order valence-electron chi connectivity index (χ4n) is 4.49. The molecule has 0 unspecified atom stereocenters. The summed E-state index contributed by atoms with van der Waals surface area (Å²) < 4.78 is 10.8. The third-order valence-electron chi connectivity index (χ3n) is 6.75. The van der Waals surface area contributed by atoms with Gasteiger partial charge in [0.2, 0.25) is 0 Å². The minimum atomic E-state index is -0.782. The number of carbonyl (C=O) groups excluding carboxylic acids is 4. The molecular formula is C37H39N5O6. The number of nitrogens with one attached hydrogen (secondary N) is 4. The fourth-order valence-corrected chi connectivity index (χ4v) is 4.49. The van der Waals surface area contributed by atoms with Gasteiger partial charge in [-0.2, -0.15) is 0 Å². The molecule has 0 bridgehead atoms. The zero-order valence-electron chi connectivity index (χ0n) is 27.5. The Labute approximate surface area is 279 Å². The predicted octanol–water partition coefficient (Wildman–Crippen LogP) is 6.59. The third kappa shape index (κ3) is 9.83. The van der Waals surface area contributed by atoms with E-state index >= 15 is 0 Å². The van der Waals surface area contributed by atoms with E-state index in [2.05, 4.69) is 20.9 Å². The lowest BCUT2D eigenvalue weighted by atomic mass is 9.93. The number of alkyl carbamates (subject to hydrolysis) is 1. The van der Waals surface area contributed by atoms with Crippen molar-refractivity contribution in [2.45, 2.75) is 46.8 Å². The van der Waals surface area contributed by atoms with E-state index in [0.29, 0.717) is 23.4 Å². The number of hydrogen-bond acceptors (Lipinski definition) is 8. The molecule has 0 aliphatic carbocycles. The highest BCUT2D eigenvalue weighted by atomic mass is 16.6. The molecule has 48 heavy (non-hydrogen) atoms. The quantitative estimate of drug-likeness (QED) is 0.0856. The Bertz CT molecular complexity index is 1800. The first-order valence-corrected chi connectivity index (χ1v) is 15.4. The van der Waals surface area contributed by atoms with Crippen LogP contribution in [0.25, 0.3) is 11.1 Å². The first kappa shape index (κ1) is 35.0. The zero-order valence-corrected chi connectivity index (χ0v) is 27.5. The van der Waals surface area contributed by atoms with Crippen molar-refractivity contribution in [3.63, 3.8) is 0 Å². The van der Waals surface area contributed by atoms with Gasteiger partial charge in [0.25, 0.3) is 11.8 Å².